The molecular formula is C17H14BrClN2. The van der Waals surface area contributed by atoms with Gasteiger partial charge in [0.15, 0.2) is 0 Å². The number of hydrogen-bond donors (Lipinski definition) is 1. The van der Waals surface area contributed by atoms with Crippen LogP contribution in [0.5, 0.6) is 0 Å². The average molecular weight is 362 g/mol. The molecule has 106 valence electrons. The summed E-state index contributed by atoms with van der Waals surface area (Å²) >= 11 is 9.52. The Hall–Kier alpha value is -1.50. The van der Waals surface area contributed by atoms with Crippen molar-refractivity contribution in [2.24, 2.45) is 0 Å². The number of anilines is 1. The summed E-state index contributed by atoms with van der Waals surface area (Å²) in [7, 11) is 0. The smallest absolute Gasteiger partial charge is 0.129 e. The second-order valence-corrected chi connectivity index (χ2v) is 6.77. The molecule has 0 radical (unpaired) electrons. The minimum Gasteiger partial charge on any atom is -0.367 e. The quantitative estimate of drug-likeness (QED) is 0.820. The predicted molar refractivity (Wildman–Crippen MR) is 89.6 cm³/mol. The Bertz CT molecular complexity index is 723. The number of benzene rings is 2. The lowest BCUT2D eigenvalue weighted by molar-refractivity contribution is 0.507. The summed E-state index contributed by atoms with van der Waals surface area (Å²) in [6, 6.07) is 16.3. The maximum atomic E-state index is 9.70. The fourth-order valence-electron chi connectivity index (χ4n) is 2.83. The molecule has 0 aliphatic heterocycles. The van der Waals surface area contributed by atoms with Gasteiger partial charge in [-0.2, -0.15) is 5.26 Å². The first kappa shape index (κ1) is 14.4. The molecule has 2 aromatic carbocycles. The van der Waals surface area contributed by atoms with E-state index in [1.165, 1.54) is 11.1 Å². The number of rotatable bonds is 2. The lowest BCUT2D eigenvalue weighted by Gasteiger charge is -2.34. The molecule has 0 saturated heterocycles. The summed E-state index contributed by atoms with van der Waals surface area (Å²) in [6.07, 6.45) is 2.40. The van der Waals surface area contributed by atoms with Crippen LogP contribution in [0.25, 0.3) is 0 Å². The van der Waals surface area contributed by atoms with Crippen LogP contribution in [-0.2, 0) is 12.8 Å². The summed E-state index contributed by atoms with van der Waals surface area (Å²) in [4.78, 5) is 0. The normalized spacial score (nSPS) is 20.4. The molecule has 1 aliphatic rings. The summed E-state index contributed by atoms with van der Waals surface area (Å²) in [5.74, 6) is 0. The molecule has 0 heterocycles. The van der Waals surface area contributed by atoms with E-state index in [4.69, 9.17) is 11.6 Å². The van der Waals surface area contributed by atoms with Crippen molar-refractivity contribution in [1.29, 1.82) is 5.26 Å². The first-order chi connectivity index (χ1) is 10.1. The van der Waals surface area contributed by atoms with Gasteiger partial charge in [0.1, 0.15) is 5.54 Å². The third-order valence-electron chi connectivity index (χ3n) is 3.90. The monoisotopic (exact) mass is 360 g/mol. The first-order valence-electron chi connectivity index (χ1n) is 6.83. The van der Waals surface area contributed by atoms with E-state index in [1.807, 2.05) is 30.3 Å². The fraction of sp³-hybridized carbons (Fsp3) is 0.235. The topological polar surface area (TPSA) is 35.8 Å². The third-order valence-corrected chi connectivity index (χ3v) is 4.63. The molecule has 1 unspecified atom stereocenters. The van der Waals surface area contributed by atoms with Gasteiger partial charge in [0.05, 0.1) is 6.07 Å². The molecule has 0 aromatic heterocycles. The van der Waals surface area contributed by atoms with Gasteiger partial charge in [-0.3, -0.25) is 0 Å². The Morgan fingerprint density at radius 1 is 1.19 bits per heavy atom. The third kappa shape index (κ3) is 3.07. The van der Waals surface area contributed by atoms with E-state index in [0.29, 0.717) is 11.4 Å². The molecule has 0 fully saturated rings. The molecule has 1 atom stereocenters. The lowest BCUT2D eigenvalue weighted by Crippen LogP contribution is -2.42. The van der Waals surface area contributed by atoms with Crippen molar-refractivity contribution in [2.75, 3.05) is 5.32 Å². The Kier molecular flexibility index (Phi) is 3.93. The fourth-order valence-corrected chi connectivity index (χ4v) is 3.43. The molecule has 0 bridgehead atoms. The van der Waals surface area contributed by atoms with Gasteiger partial charge in [-0.05, 0) is 54.3 Å². The van der Waals surface area contributed by atoms with Gasteiger partial charge in [-0.25, -0.2) is 0 Å². The van der Waals surface area contributed by atoms with E-state index in [2.05, 4.69) is 39.4 Å². The van der Waals surface area contributed by atoms with Gasteiger partial charge >= 0.3 is 0 Å². The zero-order chi connectivity index (χ0) is 14.9. The van der Waals surface area contributed by atoms with Gasteiger partial charge in [0, 0.05) is 21.6 Å². The van der Waals surface area contributed by atoms with E-state index in [1.54, 1.807) is 0 Å². The predicted octanol–water partition coefficient (Wildman–Crippen LogP) is 4.97. The molecule has 1 aliphatic carbocycles. The SMILES string of the molecule is N#CC1(Nc2cccc(Cl)c2)CCc2cc(Br)ccc2C1. The molecule has 2 aromatic rings. The Morgan fingerprint density at radius 2 is 2.05 bits per heavy atom. The van der Waals surface area contributed by atoms with Gasteiger partial charge in [0.25, 0.3) is 0 Å². The van der Waals surface area contributed by atoms with Crippen molar-refractivity contribution in [3.05, 3.63) is 63.1 Å². The highest BCUT2D eigenvalue weighted by molar-refractivity contribution is 9.10. The van der Waals surface area contributed by atoms with Crippen molar-refractivity contribution in [2.45, 2.75) is 24.8 Å². The largest absolute Gasteiger partial charge is 0.367 e. The van der Waals surface area contributed by atoms with Crippen LogP contribution in [0.15, 0.2) is 46.9 Å². The molecule has 0 spiro atoms. The van der Waals surface area contributed by atoms with Gasteiger partial charge in [0.2, 0.25) is 0 Å². The van der Waals surface area contributed by atoms with Crippen molar-refractivity contribution >= 4 is 33.2 Å². The Balaban J connectivity index is 1.89. The van der Waals surface area contributed by atoms with E-state index in [-0.39, 0.29) is 0 Å². The van der Waals surface area contributed by atoms with Crippen LogP contribution < -0.4 is 5.32 Å². The summed E-state index contributed by atoms with van der Waals surface area (Å²) in [5.41, 5.74) is 2.89. The highest BCUT2D eigenvalue weighted by atomic mass is 79.9. The summed E-state index contributed by atoms with van der Waals surface area (Å²) in [5, 5.41) is 13.8. The van der Waals surface area contributed by atoms with E-state index >= 15 is 0 Å². The van der Waals surface area contributed by atoms with Gasteiger partial charge < -0.3 is 5.32 Å². The lowest BCUT2D eigenvalue weighted by atomic mass is 9.78. The van der Waals surface area contributed by atoms with Crippen LogP contribution in [0.1, 0.15) is 17.5 Å². The number of hydrogen-bond acceptors (Lipinski definition) is 2. The summed E-state index contributed by atoms with van der Waals surface area (Å²) in [6.45, 7) is 0. The highest BCUT2D eigenvalue weighted by Crippen LogP contribution is 2.33. The minimum atomic E-state index is -0.564. The van der Waals surface area contributed by atoms with E-state index < -0.39 is 5.54 Å². The van der Waals surface area contributed by atoms with Crippen LogP contribution in [-0.4, -0.2) is 5.54 Å². The van der Waals surface area contributed by atoms with E-state index in [0.717, 1.165) is 23.0 Å². The average Bonchev–Trinajstić information content (AvgIpc) is 2.47. The highest BCUT2D eigenvalue weighted by Gasteiger charge is 2.34. The van der Waals surface area contributed by atoms with Crippen LogP contribution in [0, 0.1) is 11.3 Å². The van der Waals surface area contributed by atoms with Gasteiger partial charge in [-0.15, -0.1) is 0 Å². The molecule has 3 rings (SSSR count). The number of halogens is 2. The Morgan fingerprint density at radius 3 is 2.81 bits per heavy atom. The zero-order valence-electron chi connectivity index (χ0n) is 11.4. The second kappa shape index (κ2) is 5.71. The first-order valence-corrected chi connectivity index (χ1v) is 8.00. The van der Waals surface area contributed by atoms with E-state index in [9.17, 15) is 5.26 Å². The van der Waals surface area contributed by atoms with Crippen LogP contribution >= 0.6 is 27.5 Å². The molecule has 4 heteroatoms. The van der Waals surface area contributed by atoms with Crippen molar-refractivity contribution in [1.82, 2.24) is 0 Å². The number of nitriles is 1. The molecule has 0 saturated carbocycles. The molecular weight excluding hydrogens is 348 g/mol. The van der Waals surface area contributed by atoms with Crippen LogP contribution in [0.2, 0.25) is 5.02 Å². The number of nitrogens with zero attached hydrogens (tertiary/aromatic N) is 1. The number of nitrogens with one attached hydrogen (secondary N) is 1. The van der Waals surface area contributed by atoms with Crippen LogP contribution in [0.4, 0.5) is 5.69 Å². The Labute approximate surface area is 137 Å². The maximum Gasteiger partial charge on any atom is 0.129 e. The van der Waals surface area contributed by atoms with Crippen molar-refractivity contribution < 1.29 is 0 Å². The molecule has 2 nitrogen and oxygen atoms in total. The van der Waals surface area contributed by atoms with Crippen LogP contribution in [0.3, 0.4) is 0 Å². The van der Waals surface area contributed by atoms with Gasteiger partial charge in [-0.1, -0.05) is 39.7 Å². The summed E-state index contributed by atoms with van der Waals surface area (Å²) < 4.78 is 1.09. The minimum absolute atomic E-state index is 0.564. The number of fused-ring (bicyclic) bond motifs is 1. The zero-order valence-corrected chi connectivity index (χ0v) is 13.7. The maximum absolute atomic E-state index is 9.70. The second-order valence-electron chi connectivity index (χ2n) is 5.42. The van der Waals surface area contributed by atoms with Crippen molar-refractivity contribution in [3.8, 4) is 6.07 Å². The standard InChI is InChI=1S/C17H14BrClN2/c18-14-5-4-13-10-17(11-20,7-6-12(13)8-14)21-16-3-1-2-15(19)9-16/h1-5,8-9,21H,6-7,10H2. The molecule has 1 N–H and O–H groups in total. The van der Waals surface area contributed by atoms with Crippen molar-refractivity contribution in [3.63, 3.8) is 0 Å². The molecule has 0 amide bonds. The number of aryl methyl sites for hydroxylation is 1. The molecule has 21 heavy (non-hydrogen) atoms.